The Morgan fingerprint density at radius 1 is 1.43 bits per heavy atom. The molecule has 0 saturated heterocycles. The van der Waals surface area contributed by atoms with Crippen molar-refractivity contribution >= 4 is 34.1 Å². The molecule has 1 aromatic heterocycles. The minimum Gasteiger partial charge on any atom is -0.493 e. The highest BCUT2D eigenvalue weighted by molar-refractivity contribution is 8.01. The van der Waals surface area contributed by atoms with Crippen molar-refractivity contribution in [1.29, 1.82) is 0 Å². The van der Waals surface area contributed by atoms with Crippen LogP contribution in [0.5, 0.6) is 5.75 Å². The number of anilines is 1. The predicted molar refractivity (Wildman–Crippen MR) is 91.8 cm³/mol. The summed E-state index contributed by atoms with van der Waals surface area (Å²) in [6.45, 7) is 1.35. The van der Waals surface area contributed by atoms with Crippen molar-refractivity contribution < 1.29 is 9.53 Å². The number of benzene rings is 1. The Balaban J connectivity index is 1.45. The summed E-state index contributed by atoms with van der Waals surface area (Å²) in [5, 5.41) is 11.0. The molecule has 3 N–H and O–H groups in total. The third-order valence-electron chi connectivity index (χ3n) is 3.60. The molecule has 0 unspecified atom stereocenters. The number of fused-ring (bicyclic) bond motifs is 1. The molecule has 2 aromatic rings. The number of carbonyl (C=O) groups is 1. The Morgan fingerprint density at radius 2 is 2.30 bits per heavy atom. The van der Waals surface area contributed by atoms with Crippen molar-refractivity contribution in [2.24, 2.45) is 5.92 Å². The van der Waals surface area contributed by atoms with Gasteiger partial charge in [-0.1, -0.05) is 41.3 Å². The number of hydrogen-bond donors (Lipinski definition) is 2. The van der Waals surface area contributed by atoms with Gasteiger partial charge >= 0.3 is 0 Å². The molecule has 6 nitrogen and oxygen atoms in total. The van der Waals surface area contributed by atoms with Gasteiger partial charge in [0.25, 0.3) is 0 Å². The van der Waals surface area contributed by atoms with E-state index in [4.69, 9.17) is 10.5 Å². The van der Waals surface area contributed by atoms with Gasteiger partial charge in [-0.05, 0) is 30.4 Å². The lowest BCUT2D eigenvalue weighted by Crippen LogP contribution is -2.31. The molecule has 2 heterocycles. The molecular weight excluding hydrogens is 332 g/mol. The Labute approximate surface area is 142 Å². The van der Waals surface area contributed by atoms with Crippen LogP contribution in [0.3, 0.4) is 0 Å². The summed E-state index contributed by atoms with van der Waals surface area (Å²) < 4.78 is 6.47. The fraction of sp³-hybridized carbons (Fsp3) is 0.400. The Bertz CT molecular complexity index is 677. The second-order valence-electron chi connectivity index (χ2n) is 5.31. The van der Waals surface area contributed by atoms with Gasteiger partial charge < -0.3 is 15.8 Å². The van der Waals surface area contributed by atoms with Gasteiger partial charge in [-0.25, -0.2) is 0 Å². The summed E-state index contributed by atoms with van der Waals surface area (Å²) in [5.41, 5.74) is 6.73. The van der Waals surface area contributed by atoms with E-state index in [0.717, 1.165) is 22.9 Å². The van der Waals surface area contributed by atoms with Crippen molar-refractivity contribution in [3.63, 3.8) is 0 Å². The standard InChI is InChI=1S/C15H18N4O2S2/c16-14-18-19-15(23-14)22-9-13(20)17-8-10-5-6-21-12-4-2-1-3-11(12)7-10/h1-4,10H,5-9H2,(H2,16,18)(H,17,20)/t10-/m0/s1. The van der Waals surface area contributed by atoms with E-state index in [1.165, 1.54) is 28.7 Å². The third-order valence-corrected chi connectivity index (χ3v) is 5.49. The maximum atomic E-state index is 12.0. The lowest BCUT2D eigenvalue weighted by molar-refractivity contribution is -0.118. The zero-order chi connectivity index (χ0) is 16.1. The van der Waals surface area contributed by atoms with Gasteiger partial charge in [0.15, 0.2) is 4.34 Å². The number of nitrogens with one attached hydrogen (secondary N) is 1. The second-order valence-corrected chi connectivity index (χ2v) is 7.55. The first kappa shape index (κ1) is 16.1. The largest absolute Gasteiger partial charge is 0.493 e. The first-order chi connectivity index (χ1) is 11.2. The zero-order valence-electron chi connectivity index (χ0n) is 12.5. The maximum absolute atomic E-state index is 12.0. The number of hydrogen-bond acceptors (Lipinski definition) is 7. The van der Waals surface area contributed by atoms with E-state index in [1.54, 1.807) is 0 Å². The molecule has 0 saturated carbocycles. The molecule has 0 radical (unpaired) electrons. The minimum atomic E-state index is 0.00206. The number of nitrogens with two attached hydrogens (primary N) is 1. The van der Waals surface area contributed by atoms with Crippen molar-refractivity contribution in [3.8, 4) is 5.75 Å². The van der Waals surface area contributed by atoms with E-state index in [1.807, 2.05) is 18.2 Å². The van der Waals surface area contributed by atoms with Crippen LogP contribution in [-0.2, 0) is 11.2 Å². The van der Waals surface area contributed by atoms with Gasteiger partial charge in [-0.15, -0.1) is 10.2 Å². The summed E-state index contributed by atoms with van der Waals surface area (Å²) in [6.07, 6.45) is 1.87. The van der Waals surface area contributed by atoms with Crippen LogP contribution >= 0.6 is 23.1 Å². The molecule has 1 amide bonds. The number of para-hydroxylation sites is 1. The molecule has 1 aromatic carbocycles. The lowest BCUT2D eigenvalue weighted by Gasteiger charge is -2.14. The summed E-state index contributed by atoms with van der Waals surface area (Å²) in [5.74, 6) is 1.69. The highest BCUT2D eigenvalue weighted by Gasteiger charge is 2.18. The normalized spacial score (nSPS) is 17.0. The molecule has 0 spiro atoms. The van der Waals surface area contributed by atoms with Gasteiger partial charge in [0.2, 0.25) is 11.0 Å². The second kappa shape index (κ2) is 7.65. The van der Waals surface area contributed by atoms with Crippen LogP contribution in [0.15, 0.2) is 28.6 Å². The fourth-order valence-electron chi connectivity index (χ4n) is 2.45. The Kier molecular flexibility index (Phi) is 5.35. The SMILES string of the molecule is Nc1nnc(SCC(=O)NC[C@H]2CCOc3ccccc3C2)s1. The van der Waals surface area contributed by atoms with E-state index >= 15 is 0 Å². The average Bonchev–Trinajstić information content (AvgIpc) is 2.86. The number of thioether (sulfide) groups is 1. The topological polar surface area (TPSA) is 90.1 Å². The maximum Gasteiger partial charge on any atom is 0.230 e. The fourth-order valence-corrected chi connectivity index (χ4v) is 3.92. The summed E-state index contributed by atoms with van der Waals surface area (Å²) in [4.78, 5) is 12.0. The predicted octanol–water partition coefficient (Wildman–Crippen LogP) is 1.97. The highest BCUT2D eigenvalue weighted by Crippen LogP contribution is 2.26. The van der Waals surface area contributed by atoms with Gasteiger partial charge in [-0.3, -0.25) is 4.79 Å². The molecule has 0 fully saturated rings. The van der Waals surface area contributed by atoms with Gasteiger partial charge in [0, 0.05) is 6.54 Å². The first-order valence-electron chi connectivity index (χ1n) is 7.40. The first-order valence-corrected chi connectivity index (χ1v) is 9.20. The van der Waals surface area contributed by atoms with Crippen molar-refractivity contribution in [1.82, 2.24) is 15.5 Å². The summed E-state index contributed by atoms with van der Waals surface area (Å²) in [7, 11) is 0. The van der Waals surface area contributed by atoms with E-state index < -0.39 is 0 Å². The van der Waals surface area contributed by atoms with Crippen molar-refractivity contribution in [2.45, 2.75) is 17.2 Å². The molecule has 8 heteroatoms. The van der Waals surface area contributed by atoms with Crippen LogP contribution in [0, 0.1) is 5.92 Å². The molecule has 1 atom stereocenters. The van der Waals surface area contributed by atoms with Crippen LogP contribution in [0.2, 0.25) is 0 Å². The number of amides is 1. The minimum absolute atomic E-state index is 0.00206. The van der Waals surface area contributed by atoms with Gasteiger partial charge in [-0.2, -0.15) is 0 Å². The number of nitrogen functional groups attached to an aromatic ring is 1. The van der Waals surface area contributed by atoms with Crippen LogP contribution in [0.1, 0.15) is 12.0 Å². The van der Waals surface area contributed by atoms with E-state index in [-0.39, 0.29) is 5.91 Å². The quantitative estimate of drug-likeness (QED) is 0.801. The third kappa shape index (κ3) is 4.59. The highest BCUT2D eigenvalue weighted by atomic mass is 32.2. The molecule has 122 valence electrons. The van der Waals surface area contributed by atoms with Crippen LogP contribution in [0.25, 0.3) is 0 Å². The molecule has 1 aliphatic heterocycles. The zero-order valence-corrected chi connectivity index (χ0v) is 14.2. The monoisotopic (exact) mass is 350 g/mol. The molecule has 0 aliphatic carbocycles. The van der Waals surface area contributed by atoms with Crippen LogP contribution < -0.4 is 15.8 Å². The lowest BCUT2D eigenvalue weighted by atomic mass is 9.97. The summed E-state index contributed by atoms with van der Waals surface area (Å²) >= 11 is 2.65. The number of carbonyl (C=O) groups excluding carboxylic acids is 1. The number of ether oxygens (including phenoxy) is 1. The van der Waals surface area contributed by atoms with E-state index in [0.29, 0.717) is 30.0 Å². The van der Waals surface area contributed by atoms with Gasteiger partial charge in [0.1, 0.15) is 5.75 Å². The van der Waals surface area contributed by atoms with Crippen molar-refractivity contribution in [2.75, 3.05) is 24.6 Å². The number of nitrogens with zero attached hydrogens (tertiary/aromatic N) is 2. The Morgan fingerprint density at radius 3 is 3.13 bits per heavy atom. The molecular formula is C15H18N4O2S2. The average molecular weight is 350 g/mol. The molecule has 23 heavy (non-hydrogen) atoms. The smallest absolute Gasteiger partial charge is 0.230 e. The Hall–Kier alpha value is -1.80. The molecule has 3 rings (SSSR count). The van der Waals surface area contributed by atoms with Crippen LogP contribution in [-0.4, -0.2) is 35.0 Å². The number of rotatable bonds is 5. The molecule has 1 aliphatic rings. The molecule has 0 bridgehead atoms. The summed E-state index contributed by atoms with van der Waals surface area (Å²) in [6, 6.07) is 8.10. The van der Waals surface area contributed by atoms with E-state index in [9.17, 15) is 4.79 Å². The van der Waals surface area contributed by atoms with Crippen LogP contribution in [0.4, 0.5) is 5.13 Å². The van der Waals surface area contributed by atoms with Gasteiger partial charge in [0.05, 0.1) is 12.4 Å². The van der Waals surface area contributed by atoms with Crippen molar-refractivity contribution in [3.05, 3.63) is 29.8 Å². The number of aromatic nitrogens is 2. The van der Waals surface area contributed by atoms with E-state index in [2.05, 4.69) is 21.6 Å².